The number of nitrogens with zero attached hydrogens (tertiary/aromatic N) is 1. The predicted octanol–water partition coefficient (Wildman–Crippen LogP) is 4.23. The first kappa shape index (κ1) is 19.8. The van der Waals surface area contributed by atoms with Crippen molar-refractivity contribution in [2.24, 2.45) is 0 Å². The van der Waals surface area contributed by atoms with Gasteiger partial charge >= 0.3 is 0 Å². The molecule has 154 valence electrons. The van der Waals surface area contributed by atoms with E-state index in [1.807, 2.05) is 24.3 Å². The first-order valence-electron chi connectivity index (χ1n) is 10.2. The van der Waals surface area contributed by atoms with E-state index >= 15 is 0 Å². The van der Waals surface area contributed by atoms with Crippen molar-refractivity contribution in [2.75, 3.05) is 21.9 Å². The van der Waals surface area contributed by atoms with Gasteiger partial charge in [0.05, 0.1) is 17.1 Å². The van der Waals surface area contributed by atoms with Crippen molar-refractivity contribution in [1.29, 1.82) is 0 Å². The number of rotatable bonds is 4. The maximum absolute atomic E-state index is 12.7. The number of carbonyl (C=O) groups excluding carboxylic acids is 1. The van der Waals surface area contributed by atoms with E-state index in [0.717, 1.165) is 0 Å². The predicted molar refractivity (Wildman–Crippen MR) is 114 cm³/mol. The minimum Gasteiger partial charge on any atom is -0.506 e. The van der Waals surface area contributed by atoms with E-state index in [9.17, 15) is 18.3 Å². The lowest BCUT2D eigenvalue weighted by molar-refractivity contribution is 0.102. The van der Waals surface area contributed by atoms with Crippen LogP contribution >= 0.6 is 0 Å². The third-order valence-corrected chi connectivity index (χ3v) is 7.73. The number of anilines is 2. The Morgan fingerprint density at radius 2 is 1.72 bits per heavy atom. The minimum absolute atomic E-state index is 0.0995. The highest BCUT2D eigenvalue weighted by Crippen LogP contribution is 2.34. The van der Waals surface area contributed by atoms with E-state index in [4.69, 9.17) is 0 Å². The molecule has 6 nitrogen and oxygen atoms in total. The summed E-state index contributed by atoms with van der Waals surface area (Å²) in [6.07, 6.45) is 6.79. The molecule has 7 heteroatoms. The number of phenolic OH excluding ortho intramolecular Hbond substituents is 1. The fraction of sp³-hybridized carbons (Fsp3) is 0.409. The Bertz CT molecular complexity index is 996. The van der Waals surface area contributed by atoms with Crippen LogP contribution in [-0.2, 0) is 10.0 Å². The van der Waals surface area contributed by atoms with Crippen LogP contribution in [0.5, 0.6) is 5.75 Å². The largest absolute Gasteiger partial charge is 0.506 e. The van der Waals surface area contributed by atoms with Gasteiger partial charge in [-0.05, 0) is 61.1 Å². The van der Waals surface area contributed by atoms with Gasteiger partial charge in [-0.15, -0.1) is 0 Å². The molecule has 4 rings (SSSR count). The standard InChI is InChI=1S/C22H26N2O4S/c25-21-12-11-19(24-13-4-14-29(24,27)28)15-20(21)23-22(26)18-9-7-17(8-10-18)16-5-2-1-3-6-16/h7-12,15-16,25H,1-6,13-14H2,(H,23,26). The molecule has 29 heavy (non-hydrogen) atoms. The van der Waals surface area contributed by atoms with E-state index in [1.165, 1.54) is 54.1 Å². The molecule has 0 aromatic heterocycles. The molecule has 1 saturated carbocycles. The number of phenols is 1. The molecule has 1 heterocycles. The molecular formula is C22H26N2O4S. The van der Waals surface area contributed by atoms with E-state index in [-0.39, 0.29) is 23.1 Å². The number of carbonyl (C=O) groups is 1. The van der Waals surface area contributed by atoms with Crippen LogP contribution < -0.4 is 9.62 Å². The summed E-state index contributed by atoms with van der Waals surface area (Å²) in [5.74, 6) is 0.251. The number of hydrogen-bond donors (Lipinski definition) is 2. The quantitative estimate of drug-likeness (QED) is 0.733. The molecule has 0 bridgehead atoms. The summed E-state index contributed by atoms with van der Waals surface area (Å²) in [5, 5.41) is 12.8. The molecule has 2 fully saturated rings. The van der Waals surface area contributed by atoms with E-state index in [1.54, 1.807) is 6.07 Å². The fourth-order valence-corrected chi connectivity index (χ4v) is 5.80. The maximum Gasteiger partial charge on any atom is 0.255 e. The highest BCUT2D eigenvalue weighted by atomic mass is 32.2. The second-order valence-electron chi connectivity index (χ2n) is 7.85. The Kier molecular flexibility index (Phi) is 5.50. The summed E-state index contributed by atoms with van der Waals surface area (Å²) in [7, 11) is -3.33. The van der Waals surface area contributed by atoms with Crippen molar-refractivity contribution in [1.82, 2.24) is 0 Å². The first-order valence-corrected chi connectivity index (χ1v) is 11.8. The van der Waals surface area contributed by atoms with Gasteiger partial charge in [0.25, 0.3) is 5.91 Å². The average molecular weight is 415 g/mol. The average Bonchev–Trinajstić information content (AvgIpc) is 3.09. The number of sulfonamides is 1. The molecule has 0 radical (unpaired) electrons. The molecule has 1 aliphatic heterocycles. The third-order valence-electron chi connectivity index (χ3n) is 5.87. The number of amides is 1. The van der Waals surface area contributed by atoms with Gasteiger partial charge in [0.1, 0.15) is 5.75 Å². The number of benzene rings is 2. The Morgan fingerprint density at radius 3 is 2.38 bits per heavy atom. The lowest BCUT2D eigenvalue weighted by Gasteiger charge is -2.22. The van der Waals surface area contributed by atoms with Crippen LogP contribution in [0.3, 0.4) is 0 Å². The van der Waals surface area contributed by atoms with Gasteiger partial charge in [0.15, 0.2) is 0 Å². The Hall–Kier alpha value is -2.54. The topological polar surface area (TPSA) is 86.7 Å². The smallest absolute Gasteiger partial charge is 0.255 e. The zero-order valence-corrected chi connectivity index (χ0v) is 17.1. The van der Waals surface area contributed by atoms with E-state index in [2.05, 4.69) is 5.32 Å². The Labute approximate surface area is 171 Å². The summed E-state index contributed by atoms with van der Waals surface area (Å²) < 4.78 is 25.6. The second kappa shape index (κ2) is 8.06. The van der Waals surface area contributed by atoms with Crippen molar-refractivity contribution in [3.8, 4) is 5.75 Å². The van der Waals surface area contributed by atoms with Gasteiger partial charge in [-0.1, -0.05) is 31.4 Å². The van der Waals surface area contributed by atoms with Gasteiger partial charge in [0.2, 0.25) is 10.0 Å². The van der Waals surface area contributed by atoms with Crippen LogP contribution in [0.25, 0.3) is 0 Å². The third kappa shape index (κ3) is 4.24. The first-order chi connectivity index (χ1) is 13.9. The summed E-state index contributed by atoms with van der Waals surface area (Å²) in [6, 6.07) is 12.1. The van der Waals surface area contributed by atoms with Crippen LogP contribution in [0.1, 0.15) is 60.4 Å². The molecule has 1 saturated heterocycles. The second-order valence-corrected chi connectivity index (χ2v) is 9.87. The van der Waals surface area contributed by atoms with Gasteiger partial charge < -0.3 is 10.4 Å². The molecule has 0 unspecified atom stereocenters. The van der Waals surface area contributed by atoms with Crippen molar-refractivity contribution in [3.05, 3.63) is 53.6 Å². The van der Waals surface area contributed by atoms with Crippen LogP contribution in [-0.4, -0.2) is 31.7 Å². The SMILES string of the molecule is O=C(Nc1cc(N2CCCS2(=O)=O)ccc1O)c1ccc(C2CCCCC2)cc1. The maximum atomic E-state index is 12.7. The van der Waals surface area contributed by atoms with Crippen LogP contribution in [0, 0.1) is 0 Å². The van der Waals surface area contributed by atoms with Gasteiger partial charge in [-0.2, -0.15) is 0 Å². The molecule has 0 atom stereocenters. The fourth-order valence-electron chi connectivity index (χ4n) is 4.25. The van der Waals surface area contributed by atoms with Crippen molar-refractivity contribution >= 4 is 27.3 Å². The summed E-state index contributed by atoms with van der Waals surface area (Å²) >= 11 is 0. The van der Waals surface area contributed by atoms with Crippen LogP contribution in [0.15, 0.2) is 42.5 Å². The lowest BCUT2D eigenvalue weighted by Crippen LogP contribution is -2.25. The summed E-state index contributed by atoms with van der Waals surface area (Å²) in [6.45, 7) is 0.406. The summed E-state index contributed by atoms with van der Waals surface area (Å²) in [5.41, 5.74) is 2.42. The van der Waals surface area contributed by atoms with Crippen LogP contribution in [0.2, 0.25) is 0 Å². The molecule has 2 aliphatic rings. The minimum atomic E-state index is -3.33. The van der Waals surface area contributed by atoms with Crippen molar-refractivity contribution in [3.63, 3.8) is 0 Å². The summed E-state index contributed by atoms with van der Waals surface area (Å²) in [4.78, 5) is 12.7. The molecule has 2 N–H and O–H groups in total. The van der Waals surface area contributed by atoms with Gasteiger partial charge in [-0.25, -0.2) is 8.42 Å². The molecule has 1 aliphatic carbocycles. The zero-order valence-electron chi connectivity index (χ0n) is 16.3. The van der Waals surface area contributed by atoms with Gasteiger partial charge in [0, 0.05) is 12.1 Å². The monoisotopic (exact) mass is 414 g/mol. The normalized spacial score (nSPS) is 19.2. The highest BCUT2D eigenvalue weighted by molar-refractivity contribution is 7.93. The lowest BCUT2D eigenvalue weighted by atomic mass is 9.84. The van der Waals surface area contributed by atoms with Crippen molar-refractivity contribution < 1.29 is 18.3 Å². The Balaban J connectivity index is 1.50. The molecule has 1 amide bonds. The highest BCUT2D eigenvalue weighted by Gasteiger charge is 2.29. The number of nitrogens with one attached hydrogen (secondary N) is 1. The van der Waals surface area contributed by atoms with Crippen molar-refractivity contribution in [2.45, 2.75) is 44.4 Å². The number of aromatic hydroxyl groups is 1. The molecule has 2 aromatic carbocycles. The van der Waals surface area contributed by atoms with Crippen LogP contribution in [0.4, 0.5) is 11.4 Å². The molecule has 0 spiro atoms. The van der Waals surface area contributed by atoms with E-state index < -0.39 is 10.0 Å². The van der Waals surface area contributed by atoms with Gasteiger partial charge in [-0.3, -0.25) is 9.10 Å². The Morgan fingerprint density at radius 1 is 1.00 bits per heavy atom. The zero-order chi connectivity index (χ0) is 20.4. The molecular weight excluding hydrogens is 388 g/mol. The van der Waals surface area contributed by atoms with E-state index in [0.29, 0.717) is 30.1 Å². The molecule has 2 aromatic rings. The number of hydrogen-bond acceptors (Lipinski definition) is 4.